The summed E-state index contributed by atoms with van der Waals surface area (Å²) in [6.45, 7) is 10.2. The molecule has 6 heteroatoms. The summed E-state index contributed by atoms with van der Waals surface area (Å²) < 4.78 is 5.46. The highest BCUT2D eigenvalue weighted by molar-refractivity contribution is 5.82. The number of morpholine rings is 1. The molecule has 2 aliphatic heterocycles. The molecular weight excluding hydrogens is 330 g/mol. The molecule has 3 fully saturated rings. The van der Waals surface area contributed by atoms with Gasteiger partial charge < -0.3 is 15.0 Å². The molecule has 148 valence electrons. The third-order valence-electron chi connectivity index (χ3n) is 5.92. The van der Waals surface area contributed by atoms with Gasteiger partial charge in [0.25, 0.3) is 0 Å². The summed E-state index contributed by atoms with van der Waals surface area (Å²) >= 11 is 0. The molecule has 3 aliphatic rings. The standard InChI is InChI=1S/C20H35N3O3/c1-15(2)13-18(22-9-11-26-12-10-22)14-21-19(24)16-5-7-23(8-6-16)20(25)17-3-4-17/h15-18H,3-14H2,1-2H3,(H,21,24). The molecule has 6 nitrogen and oxygen atoms in total. The number of nitrogens with one attached hydrogen (secondary N) is 1. The first-order valence-electron chi connectivity index (χ1n) is 10.4. The number of hydrogen-bond donors (Lipinski definition) is 1. The molecule has 1 atom stereocenters. The van der Waals surface area contributed by atoms with E-state index in [9.17, 15) is 9.59 Å². The Morgan fingerprint density at radius 1 is 1.00 bits per heavy atom. The molecule has 0 radical (unpaired) electrons. The molecule has 2 amide bonds. The van der Waals surface area contributed by atoms with Crippen LogP contribution < -0.4 is 5.32 Å². The van der Waals surface area contributed by atoms with E-state index in [0.717, 1.165) is 78.0 Å². The normalized spacial score (nSPS) is 23.9. The molecule has 0 aromatic carbocycles. The first-order valence-corrected chi connectivity index (χ1v) is 10.4. The van der Waals surface area contributed by atoms with Gasteiger partial charge in [-0.1, -0.05) is 13.8 Å². The van der Waals surface area contributed by atoms with Gasteiger partial charge in [-0.3, -0.25) is 14.5 Å². The van der Waals surface area contributed by atoms with Gasteiger partial charge in [0.1, 0.15) is 0 Å². The average Bonchev–Trinajstić information content (AvgIpc) is 3.50. The summed E-state index contributed by atoms with van der Waals surface area (Å²) in [6, 6.07) is 0.388. The van der Waals surface area contributed by atoms with Crippen molar-refractivity contribution in [3.8, 4) is 0 Å². The van der Waals surface area contributed by atoms with E-state index in [2.05, 4.69) is 24.1 Å². The Bertz CT molecular complexity index is 479. The van der Waals surface area contributed by atoms with Crippen LogP contribution in [0.15, 0.2) is 0 Å². The maximum Gasteiger partial charge on any atom is 0.225 e. The monoisotopic (exact) mass is 365 g/mol. The molecule has 0 spiro atoms. The smallest absolute Gasteiger partial charge is 0.225 e. The topological polar surface area (TPSA) is 61.9 Å². The molecule has 2 saturated heterocycles. The van der Waals surface area contributed by atoms with Crippen LogP contribution in [0.3, 0.4) is 0 Å². The van der Waals surface area contributed by atoms with Crippen LogP contribution in [-0.2, 0) is 14.3 Å². The van der Waals surface area contributed by atoms with Crippen LogP contribution in [0.25, 0.3) is 0 Å². The fraction of sp³-hybridized carbons (Fsp3) is 0.900. The Morgan fingerprint density at radius 3 is 2.23 bits per heavy atom. The van der Waals surface area contributed by atoms with Crippen molar-refractivity contribution in [3.05, 3.63) is 0 Å². The summed E-state index contributed by atoms with van der Waals surface area (Å²) in [5, 5.41) is 3.21. The van der Waals surface area contributed by atoms with Crippen molar-refractivity contribution in [1.82, 2.24) is 15.1 Å². The van der Waals surface area contributed by atoms with Gasteiger partial charge >= 0.3 is 0 Å². The lowest BCUT2D eigenvalue weighted by Gasteiger charge is -2.36. The van der Waals surface area contributed by atoms with Crippen molar-refractivity contribution >= 4 is 11.8 Å². The van der Waals surface area contributed by atoms with Gasteiger partial charge in [0.15, 0.2) is 0 Å². The Hall–Kier alpha value is -1.14. The van der Waals surface area contributed by atoms with Crippen molar-refractivity contribution in [2.75, 3.05) is 45.9 Å². The molecular formula is C20H35N3O3. The highest BCUT2D eigenvalue weighted by Gasteiger charge is 2.36. The number of likely N-dealkylation sites (tertiary alicyclic amines) is 1. The van der Waals surface area contributed by atoms with Crippen LogP contribution in [0.4, 0.5) is 0 Å². The van der Waals surface area contributed by atoms with Crippen molar-refractivity contribution in [2.45, 2.75) is 52.0 Å². The number of carbonyl (C=O) groups excluding carboxylic acids is 2. The summed E-state index contributed by atoms with van der Waals surface area (Å²) in [5.74, 6) is 1.43. The zero-order valence-electron chi connectivity index (χ0n) is 16.4. The minimum absolute atomic E-state index is 0.0580. The largest absolute Gasteiger partial charge is 0.379 e. The molecule has 0 aromatic rings. The first-order chi connectivity index (χ1) is 12.5. The lowest BCUT2D eigenvalue weighted by atomic mass is 9.95. The SMILES string of the molecule is CC(C)CC(CNC(=O)C1CCN(C(=O)C2CC2)CC1)N1CCOCC1. The van der Waals surface area contributed by atoms with E-state index < -0.39 is 0 Å². The van der Waals surface area contributed by atoms with E-state index in [1.54, 1.807) is 0 Å². The molecule has 1 N–H and O–H groups in total. The second-order valence-electron chi connectivity index (χ2n) is 8.55. The van der Waals surface area contributed by atoms with Gasteiger partial charge in [-0.05, 0) is 38.0 Å². The number of nitrogens with zero attached hydrogens (tertiary/aromatic N) is 2. The molecule has 0 bridgehead atoms. The van der Waals surface area contributed by atoms with Gasteiger partial charge in [0.05, 0.1) is 13.2 Å². The van der Waals surface area contributed by atoms with E-state index in [1.807, 2.05) is 4.90 Å². The fourth-order valence-electron chi connectivity index (χ4n) is 4.16. The maximum atomic E-state index is 12.6. The minimum atomic E-state index is 0.0580. The van der Waals surface area contributed by atoms with E-state index in [0.29, 0.717) is 17.9 Å². The molecule has 26 heavy (non-hydrogen) atoms. The summed E-state index contributed by atoms with van der Waals surface area (Å²) in [4.78, 5) is 29.2. The highest BCUT2D eigenvalue weighted by atomic mass is 16.5. The van der Waals surface area contributed by atoms with E-state index in [-0.39, 0.29) is 17.7 Å². The van der Waals surface area contributed by atoms with E-state index >= 15 is 0 Å². The third kappa shape index (κ3) is 5.43. The van der Waals surface area contributed by atoms with Crippen molar-refractivity contribution in [1.29, 1.82) is 0 Å². The minimum Gasteiger partial charge on any atom is -0.379 e. The molecule has 3 rings (SSSR count). The van der Waals surface area contributed by atoms with Crippen molar-refractivity contribution < 1.29 is 14.3 Å². The Morgan fingerprint density at radius 2 is 1.65 bits per heavy atom. The van der Waals surface area contributed by atoms with Crippen LogP contribution in [0.2, 0.25) is 0 Å². The molecule has 0 aromatic heterocycles. The van der Waals surface area contributed by atoms with E-state index in [4.69, 9.17) is 4.74 Å². The summed E-state index contributed by atoms with van der Waals surface area (Å²) in [6.07, 6.45) is 4.80. The van der Waals surface area contributed by atoms with Crippen LogP contribution >= 0.6 is 0 Å². The number of hydrogen-bond acceptors (Lipinski definition) is 4. The highest BCUT2D eigenvalue weighted by Crippen LogP contribution is 2.32. The predicted octanol–water partition coefficient (Wildman–Crippen LogP) is 1.50. The zero-order chi connectivity index (χ0) is 18.5. The zero-order valence-corrected chi connectivity index (χ0v) is 16.4. The number of ether oxygens (including phenoxy) is 1. The second-order valence-corrected chi connectivity index (χ2v) is 8.55. The number of piperidine rings is 1. The third-order valence-corrected chi connectivity index (χ3v) is 5.92. The van der Waals surface area contributed by atoms with Gasteiger partial charge in [-0.2, -0.15) is 0 Å². The van der Waals surface area contributed by atoms with Gasteiger partial charge in [0, 0.05) is 50.6 Å². The number of amides is 2. The number of carbonyl (C=O) groups is 2. The van der Waals surface area contributed by atoms with Crippen LogP contribution in [0.1, 0.15) is 46.0 Å². The Labute approximate surface area is 157 Å². The first kappa shape index (κ1) is 19.6. The predicted molar refractivity (Wildman–Crippen MR) is 101 cm³/mol. The lowest BCUT2D eigenvalue weighted by Crippen LogP contribution is -2.50. The maximum absolute atomic E-state index is 12.6. The molecule has 1 saturated carbocycles. The molecule has 1 aliphatic carbocycles. The van der Waals surface area contributed by atoms with Crippen LogP contribution in [0, 0.1) is 17.8 Å². The van der Waals surface area contributed by atoms with Crippen LogP contribution in [-0.4, -0.2) is 73.6 Å². The van der Waals surface area contributed by atoms with Gasteiger partial charge in [0.2, 0.25) is 11.8 Å². The quantitative estimate of drug-likeness (QED) is 0.743. The molecule has 2 heterocycles. The Kier molecular flexibility index (Phi) is 6.92. The number of rotatable bonds is 7. The summed E-state index contributed by atoms with van der Waals surface area (Å²) in [5.41, 5.74) is 0. The van der Waals surface area contributed by atoms with Crippen molar-refractivity contribution in [2.24, 2.45) is 17.8 Å². The van der Waals surface area contributed by atoms with Crippen molar-refractivity contribution in [3.63, 3.8) is 0 Å². The second kappa shape index (κ2) is 9.18. The summed E-state index contributed by atoms with van der Waals surface area (Å²) in [7, 11) is 0. The van der Waals surface area contributed by atoms with Gasteiger partial charge in [-0.25, -0.2) is 0 Å². The lowest BCUT2D eigenvalue weighted by molar-refractivity contribution is -0.136. The van der Waals surface area contributed by atoms with Gasteiger partial charge in [-0.15, -0.1) is 0 Å². The van der Waals surface area contributed by atoms with E-state index in [1.165, 1.54) is 0 Å². The van der Waals surface area contributed by atoms with Crippen LogP contribution in [0.5, 0.6) is 0 Å². The Balaban J connectivity index is 1.43. The average molecular weight is 366 g/mol. The fourth-order valence-corrected chi connectivity index (χ4v) is 4.16. The molecule has 1 unspecified atom stereocenters.